The standard InChI is InChI=1S/C33H37N7O4/c1-23(2)44-33(42)43-22-40-17-15-39(16-18-40)21-25-7-9-26(10-8-25)31(41)36-28-11-6-24(3)30(19-28)38-32-35-14-12-29(37-32)27-5-4-13-34-20-27/h4-14,19-20,23H,15-18,21-22H2,1-3H3,(H,36,41)(H,35,37,38). The van der Waals surface area contributed by atoms with Crippen LogP contribution in [0.2, 0.25) is 0 Å². The highest BCUT2D eigenvalue weighted by Gasteiger charge is 2.19. The van der Waals surface area contributed by atoms with Gasteiger partial charge in [-0.15, -0.1) is 0 Å². The summed E-state index contributed by atoms with van der Waals surface area (Å²) < 4.78 is 10.2. The molecule has 11 nitrogen and oxygen atoms in total. The lowest BCUT2D eigenvalue weighted by molar-refractivity contribution is -0.0138. The summed E-state index contributed by atoms with van der Waals surface area (Å²) in [4.78, 5) is 42.2. The number of pyridine rings is 1. The summed E-state index contributed by atoms with van der Waals surface area (Å²) in [5, 5.41) is 6.27. The van der Waals surface area contributed by atoms with Gasteiger partial charge in [-0.2, -0.15) is 0 Å². The van der Waals surface area contributed by atoms with Crippen molar-refractivity contribution >= 4 is 29.4 Å². The van der Waals surface area contributed by atoms with Crippen LogP contribution < -0.4 is 10.6 Å². The number of ether oxygens (including phenoxy) is 2. The maximum Gasteiger partial charge on any atom is 0.509 e. The second-order valence-electron chi connectivity index (χ2n) is 10.9. The number of aromatic nitrogens is 3. The Morgan fingerprint density at radius 2 is 1.73 bits per heavy atom. The monoisotopic (exact) mass is 595 g/mol. The zero-order valence-electron chi connectivity index (χ0n) is 25.2. The summed E-state index contributed by atoms with van der Waals surface area (Å²) in [6, 6.07) is 19.0. The van der Waals surface area contributed by atoms with Gasteiger partial charge >= 0.3 is 6.16 Å². The lowest BCUT2D eigenvalue weighted by Crippen LogP contribution is -2.46. The van der Waals surface area contributed by atoms with Crippen LogP contribution in [0.4, 0.5) is 22.1 Å². The number of hydrogen-bond acceptors (Lipinski definition) is 10. The molecule has 1 aliphatic rings. The number of hydrogen-bond donors (Lipinski definition) is 2. The van der Waals surface area contributed by atoms with Crippen LogP contribution in [0.5, 0.6) is 0 Å². The molecule has 11 heteroatoms. The number of nitrogens with zero attached hydrogens (tertiary/aromatic N) is 5. The quantitative estimate of drug-likeness (QED) is 0.228. The Balaban J connectivity index is 1.12. The van der Waals surface area contributed by atoms with Gasteiger partial charge in [-0.25, -0.2) is 14.8 Å². The molecule has 1 aliphatic heterocycles. The summed E-state index contributed by atoms with van der Waals surface area (Å²) in [6.07, 6.45) is 4.35. The Kier molecular flexibility index (Phi) is 10.1. The molecule has 0 aliphatic carbocycles. The van der Waals surface area contributed by atoms with Crippen molar-refractivity contribution in [2.45, 2.75) is 33.4 Å². The Morgan fingerprint density at radius 3 is 2.45 bits per heavy atom. The first-order valence-electron chi connectivity index (χ1n) is 14.6. The van der Waals surface area contributed by atoms with Crippen molar-refractivity contribution in [1.82, 2.24) is 24.8 Å². The fourth-order valence-electron chi connectivity index (χ4n) is 4.72. The number of anilines is 3. The molecule has 228 valence electrons. The molecule has 0 saturated carbocycles. The van der Waals surface area contributed by atoms with Gasteiger partial charge in [0.1, 0.15) is 6.73 Å². The molecular weight excluding hydrogens is 558 g/mol. The lowest BCUT2D eigenvalue weighted by Gasteiger charge is -2.34. The molecule has 1 saturated heterocycles. The van der Waals surface area contributed by atoms with Crippen LogP contribution in [-0.4, -0.2) is 75.8 Å². The molecule has 2 N–H and O–H groups in total. The topological polar surface area (TPSA) is 122 Å². The Morgan fingerprint density at radius 1 is 0.955 bits per heavy atom. The van der Waals surface area contributed by atoms with E-state index in [1.165, 1.54) is 0 Å². The summed E-state index contributed by atoms with van der Waals surface area (Å²) in [5.74, 6) is 0.264. The van der Waals surface area contributed by atoms with Gasteiger partial charge in [0, 0.05) is 73.8 Å². The molecule has 1 amide bonds. The predicted octanol–water partition coefficient (Wildman–Crippen LogP) is 5.48. The first kappa shape index (κ1) is 30.6. The second-order valence-corrected chi connectivity index (χ2v) is 10.9. The molecule has 5 rings (SSSR count). The summed E-state index contributed by atoms with van der Waals surface area (Å²) >= 11 is 0. The Bertz CT molecular complexity index is 1560. The first-order valence-corrected chi connectivity index (χ1v) is 14.6. The number of rotatable bonds is 10. The van der Waals surface area contributed by atoms with Gasteiger partial charge in [0.2, 0.25) is 5.95 Å². The Labute approximate surface area is 257 Å². The average molecular weight is 596 g/mol. The van der Waals surface area contributed by atoms with Gasteiger partial charge in [-0.05, 0) is 74.4 Å². The summed E-state index contributed by atoms with van der Waals surface area (Å²) in [6.45, 7) is 9.88. The van der Waals surface area contributed by atoms with Gasteiger partial charge in [0.05, 0.1) is 11.8 Å². The van der Waals surface area contributed by atoms with E-state index in [1.54, 1.807) is 32.4 Å². The SMILES string of the molecule is Cc1ccc(NC(=O)c2ccc(CN3CCN(COC(=O)OC(C)C)CC3)cc2)cc1Nc1nccc(-c2cccnc2)n1. The average Bonchev–Trinajstić information content (AvgIpc) is 3.03. The van der Waals surface area contributed by atoms with E-state index in [-0.39, 0.29) is 18.7 Å². The number of carbonyl (C=O) groups is 2. The minimum atomic E-state index is -0.636. The first-order chi connectivity index (χ1) is 21.3. The molecule has 44 heavy (non-hydrogen) atoms. The van der Waals surface area contributed by atoms with Gasteiger partial charge in [0.25, 0.3) is 5.91 Å². The summed E-state index contributed by atoms with van der Waals surface area (Å²) in [5.41, 5.74) is 5.81. The zero-order valence-corrected chi connectivity index (χ0v) is 25.2. The molecule has 0 atom stereocenters. The normalized spacial score (nSPS) is 13.8. The molecule has 2 aromatic heterocycles. The van der Waals surface area contributed by atoms with E-state index in [0.717, 1.165) is 60.8 Å². The van der Waals surface area contributed by atoms with Gasteiger partial charge in [-0.1, -0.05) is 18.2 Å². The van der Waals surface area contributed by atoms with E-state index in [0.29, 0.717) is 17.2 Å². The number of aryl methyl sites for hydroxylation is 1. The van der Waals surface area contributed by atoms with Crippen molar-refractivity contribution < 1.29 is 19.1 Å². The highest BCUT2D eigenvalue weighted by atomic mass is 16.7. The van der Waals surface area contributed by atoms with Crippen LogP contribution in [0, 0.1) is 6.92 Å². The number of amides is 1. The molecule has 1 fully saturated rings. The lowest BCUT2D eigenvalue weighted by atomic mass is 10.1. The maximum atomic E-state index is 13.1. The van der Waals surface area contributed by atoms with Crippen LogP contribution in [0.3, 0.4) is 0 Å². The largest absolute Gasteiger partial charge is 0.509 e. The third-order valence-electron chi connectivity index (χ3n) is 7.14. The van der Waals surface area contributed by atoms with Crippen molar-refractivity contribution in [2.75, 3.05) is 43.5 Å². The van der Waals surface area contributed by atoms with Crippen LogP contribution in [-0.2, 0) is 16.0 Å². The highest BCUT2D eigenvalue weighted by Crippen LogP contribution is 2.25. The molecule has 0 spiro atoms. The Hall–Kier alpha value is -4.87. The van der Waals surface area contributed by atoms with E-state index in [9.17, 15) is 9.59 Å². The zero-order chi connectivity index (χ0) is 30.9. The van der Waals surface area contributed by atoms with Gasteiger partial charge in [-0.3, -0.25) is 19.6 Å². The molecule has 4 aromatic rings. The number of benzene rings is 2. The van der Waals surface area contributed by atoms with Crippen LogP contribution >= 0.6 is 0 Å². The minimum absolute atomic E-state index is 0.189. The molecule has 0 bridgehead atoms. The molecule has 0 unspecified atom stereocenters. The highest BCUT2D eigenvalue weighted by molar-refractivity contribution is 6.04. The molecular formula is C33H37N7O4. The van der Waals surface area contributed by atoms with Crippen molar-refractivity contribution in [3.05, 3.63) is 95.9 Å². The summed E-state index contributed by atoms with van der Waals surface area (Å²) in [7, 11) is 0. The van der Waals surface area contributed by atoms with Crippen molar-refractivity contribution in [2.24, 2.45) is 0 Å². The fourth-order valence-corrected chi connectivity index (χ4v) is 4.72. The smallest absolute Gasteiger partial charge is 0.432 e. The van der Waals surface area contributed by atoms with E-state index >= 15 is 0 Å². The maximum absolute atomic E-state index is 13.1. The fraction of sp³-hybridized carbons (Fsp3) is 0.303. The van der Waals surface area contributed by atoms with E-state index in [1.807, 2.05) is 67.6 Å². The minimum Gasteiger partial charge on any atom is -0.432 e. The van der Waals surface area contributed by atoms with E-state index in [2.05, 4.69) is 35.4 Å². The van der Waals surface area contributed by atoms with Crippen molar-refractivity contribution in [3.63, 3.8) is 0 Å². The third-order valence-corrected chi connectivity index (χ3v) is 7.14. The van der Waals surface area contributed by atoms with E-state index in [4.69, 9.17) is 9.47 Å². The number of nitrogens with one attached hydrogen (secondary N) is 2. The van der Waals surface area contributed by atoms with Crippen LogP contribution in [0.25, 0.3) is 11.3 Å². The van der Waals surface area contributed by atoms with Gasteiger partial charge in [0.15, 0.2) is 0 Å². The van der Waals surface area contributed by atoms with Crippen molar-refractivity contribution in [3.8, 4) is 11.3 Å². The van der Waals surface area contributed by atoms with Crippen LogP contribution in [0.1, 0.15) is 35.3 Å². The number of piperazine rings is 1. The third kappa shape index (κ3) is 8.59. The van der Waals surface area contributed by atoms with E-state index < -0.39 is 6.16 Å². The number of carbonyl (C=O) groups excluding carboxylic acids is 2. The molecule has 3 heterocycles. The van der Waals surface area contributed by atoms with Crippen molar-refractivity contribution in [1.29, 1.82) is 0 Å². The van der Waals surface area contributed by atoms with Gasteiger partial charge < -0.3 is 20.1 Å². The second kappa shape index (κ2) is 14.5. The van der Waals surface area contributed by atoms with Crippen LogP contribution in [0.15, 0.2) is 79.3 Å². The molecule has 0 radical (unpaired) electrons. The molecule has 2 aromatic carbocycles. The predicted molar refractivity (Wildman–Crippen MR) is 169 cm³/mol.